The zero-order valence-electron chi connectivity index (χ0n) is 11.6. The predicted octanol–water partition coefficient (Wildman–Crippen LogP) is 0.701. The van der Waals surface area contributed by atoms with Gasteiger partial charge >= 0.3 is 5.97 Å². The molecule has 0 fully saturated rings. The summed E-state index contributed by atoms with van der Waals surface area (Å²) in [5.41, 5.74) is 1.06. The van der Waals surface area contributed by atoms with Crippen molar-refractivity contribution in [2.75, 3.05) is 26.9 Å². The first-order valence-corrected chi connectivity index (χ1v) is 6.38. The molecule has 2 heterocycles. The Morgan fingerprint density at radius 2 is 2.05 bits per heavy atom. The quantitative estimate of drug-likeness (QED) is 0.715. The number of rotatable bonds is 8. The van der Waals surface area contributed by atoms with Gasteiger partial charge in [0.1, 0.15) is 5.69 Å². The standard InChI is InChI=1S/C13H16N4O4/c1-20-8-9-21-7-6-17-12(10-2-4-14-5-3-10)11(13(18)19)15-16-17/h2-5H,6-9H2,1H3,(H,18,19). The van der Waals surface area contributed by atoms with Gasteiger partial charge < -0.3 is 14.6 Å². The van der Waals surface area contributed by atoms with Crippen LogP contribution < -0.4 is 0 Å². The van der Waals surface area contributed by atoms with Crippen LogP contribution in [0.3, 0.4) is 0 Å². The lowest BCUT2D eigenvalue weighted by molar-refractivity contribution is 0.0653. The summed E-state index contributed by atoms with van der Waals surface area (Å²) in [6, 6.07) is 3.43. The molecule has 0 saturated heterocycles. The second kappa shape index (κ2) is 7.46. The highest BCUT2D eigenvalue weighted by atomic mass is 16.5. The van der Waals surface area contributed by atoms with Crippen LogP contribution in [-0.2, 0) is 16.0 Å². The first-order valence-electron chi connectivity index (χ1n) is 6.38. The van der Waals surface area contributed by atoms with Crippen LogP contribution in [-0.4, -0.2) is 58.0 Å². The molecule has 2 aromatic rings. The van der Waals surface area contributed by atoms with Gasteiger partial charge in [-0.25, -0.2) is 9.48 Å². The van der Waals surface area contributed by atoms with Crippen molar-refractivity contribution >= 4 is 5.97 Å². The maximum absolute atomic E-state index is 11.2. The van der Waals surface area contributed by atoms with E-state index in [1.54, 1.807) is 31.6 Å². The van der Waals surface area contributed by atoms with Gasteiger partial charge in [0.05, 0.1) is 26.4 Å². The number of aromatic nitrogens is 4. The van der Waals surface area contributed by atoms with Gasteiger partial charge in [0, 0.05) is 25.1 Å². The third-order valence-corrected chi connectivity index (χ3v) is 2.77. The molecule has 0 aliphatic rings. The highest BCUT2D eigenvalue weighted by Crippen LogP contribution is 2.21. The molecule has 0 unspecified atom stereocenters. The lowest BCUT2D eigenvalue weighted by Crippen LogP contribution is -2.12. The van der Waals surface area contributed by atoms with Gasteiger partial charge in [-0.15, -0.1) is 5.10 Å². The Morgan fingerprint density at radius 1 is 1.29 bits per heavy atom. The van der Waals surface area contributed by atoms with Crippen molar-refractivity contribution in [2.24, 2.45) is 0 Å². The van der Waals surface area contributed by atoms with Crippen molar-refractivity contribution in [3.8, 4) is 11.3 Å². The molecule has 0 aliphatic heterocycles. The van der Waals surface area contributed by atoms with E-state index in [1.807, 2.05) is 0 Å². The van der Waals surface area contributed by atoms with Crippen molar-refractivity contribution in [2.45, 2.75) is 6.54 Å². The van der Waals surface area contributed by atoms with Crippen molar-refractivity contribution < 1.29 is 19.4 Å². The summed E-state index contributed by atoms with van der Waals surface area (Å²) in [4.78, 5) is 15.2. The smallest absolute Gasteiger partial charge is 0.358 e. The molecular weight excluding hydrogens is 276 g/mol. The maximum Gasteiger partial charge on any atom is 0.358 e. The largest absolute Gasteiger partial charge is 0.476 e. The summed E-state index contributed by atoms with van der Waals surface area (Å²) in [5, 5.41) is 16.8. The number of nitrogens with zero attached hydrogens (tertiary/aromatic N) is 4. The van der Waals surface area contributed by atoms with E-state index in [0.717, 1.165) is 0 Å². The summed E-state index contributed by atoms with van der Waals surface area (Å²) >= 11 is 0. The van der Waals surface area contributed by atoms with Crippen LogP contribution in [0.1, 0.15) is 10.5 Å². The molecule has 0 atom stereocenters. The van der Waals surface area contributed by atoms with Crippen LogP contribution >= 0.6 is 0 Å². The number of aromatic carboxylic acids is 1. The van der Waals surface area contributed by atoms with Crippen LogP contribution in [0.2, 0.25) is 0 Å². The number of hydrogen-bond donors (Lipinski definition) is 1. The highest BCUT2D eigenvalue weighted by Gasteiger charge is 2.20. The summed E-state index contributed by atoms with van der Waals surface area (Å²) in [6.45, 7) is 1.78. The number of carboxylic acid groups (broad SMARTS) is 1. The van der Waals surface area contributed by atoms with Gasteiger partial charge in [0.15, 0.2) is 5.69 Å². The van der Waals surface area contributed by atoms with E-state index in [2.05, 4.69) is 15.3 Å². The van der Waals surface area contributed by atoms with E-state index in [4.69, 9.17) is 9.47 Å². The minimum Gasteiger partial charge on any atom is -0.476 e. The Morgan fingerprint density at radius 3 is 2.71 bits per heavy atom. The molecule has 1 N–H and O–H groups in total. The van der Waals surface area contributed by atoms with E-state index >= 15 is 0 Å². The first kappa shape index (κ1) is 15.1. The average Bonchev–Trinajstić information content (AvgIpc) is 2.92. The molecule has 0 bridgehead atoms. The predicted molar refractivity (Wildman–Crippen MR) is 72.9 cm³/mol. The van der Waals surface area contributed by atoms with Crippen LogP contribution in [0.5, 0.6) is 0 Å². The van der Waals surface area contributed by atoms with Crippen LogP contribution in [0, 0.1) is 0 Å². The van der Waals surface area contributed by atoms with Crippen LogP contribution in [0.15, 0.2) is 24.5 Å². The normalized spacial score (nSPS) is 10.7. The van der Waals surface area contributed by atoms with Crippen LogP contribution in [0.4, 0.5) is 0 Å². The van der Waals surface area contributed by atoms with E-state index in [-0.39, 0.29) is 5.69 Å². The maximum atomic E-state index is 11.2. The SMILES string of the molecule is COCCOCCn1nnc(C(=O)O)c1-c1ccncc1. The fourth-order valence-corrected chi connectivity index (χ4v) is 1.80. The molecule has 0 saturated carbocycles. The number of carbonyl (C=O) groups is 1. The molecule has 21 heavy (non-hydrogen) atoms. The number of carboxylic acids is 1. The van der Waals surface area contributed by atoms with Crippen molar-refractivity contribution in [1.82, 2.24) is 20.0 Å². The number of methoxy groups -OCH3 is 1. The molecule has 0 aliphatic carbocycles. The molecule has 0 radical (unpaired) electrons. The van der Waals surface area contributed by atoms with Crippen LogP contribution in [0.25, 0.3) is 11.3 Å². The summed E-state index contributed by atoms with van der Waals surface area (Å²) < 4.78 is 11.8. The van der Waals surface area contributed by atoms with Gasteiger partial charge in [-0.1, -0.05) is 5.21 Å². The average molecular weight is 292 g/mol. The lowest BCUT2D eigenvalue weighted by atomic mass is 10.1. The molecule has 2 aromatic heterocycles. The fraction of sp³-hybridized carbons (Fsp3) is 0.385. The molecule has 0 spiro atoms. The molecule has 0 aromatic carbocycles. The second-order valence-electron chi connectivity index (χ2n) is 4.16. The van der Waals surface area contributed by atoms with Gasteiger partial charge in [0.25, 0.3) is 0 Å². The van der Waals surface area contributed by atoms with Gasteiger partial charge in [-0.05, 0) is 12.1 Å². The Labute approximate surface area is 121 Å². The van der Waals surface area contributed by atoms with E-state index in [1.165, 1.54) is 4.68 Å². The zero-order chi connectivity index (χ0) is 15.1. The molecule has 2 rings (SSSR count). The molecule has 0 amide bonds. The Balaban J connectivity index is 2.16. The summed E-state index contributed by atoms with van der Waals surface area (Å²) in [5.74, 6) is -1.12. The zero-order valence-corrected chi connectivity index (χ0v) is 11.6. The van der Waals surface area contributed by atoms with Crippen molar-refractivity contribution in [3.63, 3.8) is 0 Å². The minimum atomic E-state index is -1.12. The topological polar surface area (TPSA) is 99.4 Å². The molecule has 8 heteroatoms. The number of pyridine rings is 1. The lowest BCUT2D eigenvalue weighted by Gasteiger charge is -2.07. The van der Waals surface area contributed by atoms with Crippen molar-refractivity contribution in [3.05, 3.63) is 30.2 Å². The van der Waals surface area contributed by atoms with Gasteiger partial charge in [0.2, 0.25) is 0 Å². The monoisotopic (exact) mass is 292 g/mol. The van der Waals surface area contributed by atoms with E-state index in [9.17, 15) is 9.90 Å². The minimum absolute atomic E-state index is 0.0851. The van der Waals surface area contributed by atoms with Gasteiger partial charge in [-0.3, -0.25) is 4.98 Å². The van der Waals surface area contributed by atoms with Crippen molar-refractivity contribution in [1.29, 1.82) is 0 Å². The molecule has 8 nitrogen and oxygen atoms in total. The molecular formula is C13H16N4O4. The van der Waals surface area contributed by atoms with Gasteiger partial charge in [-0.2, -0.15) is 0 Å². The molecule has 112 valence electrons. The number of ether oxygens (including phenoxy) is 2. The highest BCUT2D eigenvalue weighted by molar-refractivity contribution is 5.92. The third kappa shape index (κ3) is 3.83. The number of hydrogen-bond acceptors (Lipinski definition) is 6. The third-order valence-electron chi connectivity index (χ3n) is 2.77. The second-order valence-corrected chi connectivity index (χ2v) is 4.16. The fourth-order valence-electron chi connectivity index (χ4n) is 1.80. The Bertz CT molecular complexity index is 585. The Kier molecular flexibility index (Phi) is 5.35. The summed E-state index contributed by atoms with van der Waals surface area (Å²) in [7, 11) is 1.60. The first-order chi connectivity index (χ1) is 10.2. The van der Waals surface area contributed by atoms with E-state index < -0.39 is 5.97 Å². The Hall–Kier alpha value is -2.32. The van der Waals surface area contributed by atoms with E-state index in [0.29, 0.717) is 37.6 Å². The summed E-state index contributed by atoms with van der Waals surface area (Å²) in [6.07, 6.45) is 3.18.